The zero-order chi connectivity index (χ0) is 15.0. The number of nitrogens with two attached hydrogens (primary N) is 1. The third kappa shape index (κ3) is 2.82. The Morgan fingerprint density at radius 1 is 1.05 bits per heavy atom. The second kappa shape index (κ2) is 5.54. The van der Waals surface area contributed by atoms with Gasteiger partial charge >= 0.3 is 0 Å². The highest BCUT2D eigenvalue weighted by Gasteiger charge is 2.12. The Labute approximate surface area is 130 Å². The van der Waals surface area contributed by atoms with Crippen LogP contribution in [0.25, 0.3) is 10.9 Å². The number of hydrogen-bond donors (Lipinski definition) is 1. The van der Waals surface area contributed by atoms with Crippen molar-refractivity contribution in [2.24, 2.45) is 5.73 Å². The Kier molecular flexibility index (Phi) is 3.74. The number of pyridine rings is 1. The maximum absolute atomic E-state index is 13.6. The van der Waals surface area contributed by atoms with Crippen molar-refractivity contribution in [1.29, 1.82) is 0 Å². The van der Waals surface area contributed by atoms with Gasteiger partial charge in [-0.2, -0.15) is 0 Å². The molecule has 1 unspecified atom stereocenters. The van der Waals surface area contributed by atoms with Crippen LogP contribution in [0.3, 0.4) is 0 Å². The minimum atomic E-state index is -0.363. The summed E-state index contributed by atoms with van der Waals surface area (Å²) in [5, 5.41) is 1.03. The summed E-state index contributed by atoms with van der Waals surface area (Å²) in [5.74, 6) is -0.305. The van der Waals surface area contributed by atoms with Crippen LogP contribution < -0.4 is 5.73 Å². The first-order valence-electron chi connectivity index (χ1n) is 6.62. The van der Waals surface area contributed by atoms with E-state index in [9.17, 15) is 4.39 Å². The molecule has 0 aliphatic carbocycles. The molecule has 21 heavy (non-hydrogen) atoms. The molecule has 1 atom stereocenters. The average Bonchev–Trinajstić information content (AvgIpc) is 2.49. The van der Waals surface area contributed by atoms with Crippen LogP contribution in [0.1, 0.15) is 22.9 Å². The molecule has 0 spiro atoms. The van der Waals surface area contributed by atoms with Crippen LogP contribution in [-0.4, -0.2) is 4.98 Å². The molecule has 0 saturated carbocycles. The number of fused-ring (bicyclic) bond motifs is 1. The van der Waals surface area contributed by atoms with Gasteiger partial charge in [-0.25, -0.2) is 4.39 Å². The third-order valence-electron chi connectivity index (χ3n) is 3.51. The zero-order valence-electron chi connectivity index (χ0n) is 11.5. The third-order valence-corrected chi connectivity index (χ3v) is 4.16. The van der Waals surface area contributed by atoms with Crippen LogP contribution in [0.5, 0.6) is 0 Å². The molecule has 3 rings (SSSR count). The second-order valence-corrected chi connectivity index (χ2v) is 5.91. The van der Waals surface area contributed by atoms with Crippen LogP contribution in [0, 0.1) is 12.7 Å². The molecule has 0 aliphatic rings. The Bertz CT molecular complexity index is 817. The van der Waals surface area contributed by atoms with Gasteiger partial charge in [0, 0.05) is 11.1 Å². The predicted molar refractivity (Wildman–Crippen MR) is 86.6 cm³/mol. The number of aryl methyl sites for hydroxylation is 1. The lowest BCUT2D eigenvalue weighted by molar-refractivity contribution is 0.617. The molecule has 0 fully saturated rings. The summed E-state index contributed by atoms with van der Waals surface area (Å²) in [7, 11) is 0. The van der Waals surface area contributed by atoms with Crippen LogP contribution in [0.2, 0.25) is 0 Å². The van der Waals surface area contributed by atoms with E-state index in [4.69, 9.17) is 5.73 Å². The standard InChI is InChI=1S/C17H14BrFN2/c1-10-2-3-11-8-12(5-7-16(11)21-10)17(20)13-4-6-14(18)15(19)9-13/h2-9,17H,20H2,1H3. The van der Waals surface area contributed by atoms with Gasteiger partial charge in [0.25, 0.3) is 0 Å². The first-order valence-corrected chi connectivity index (χ1v) is 7.42. The Morgan fingerprint density at radius 3 is 2.52 bits per heavy atom. The van der Waals surface area contributed by atoms with Crippen molar-refractivity contribution in [3.8, 4) is 0 Å². The lowest BCUT2D eigenvalue weighted by Crippen LogP contribution is -2.12. The molecule has 0 saturated heterocycles. The molecule has 3 aromatic rings. The summed E-state index contributed by atoms with van der Waals surface area (Å²) in [5.41, 5.74) is 9.86. The number of benzene rings is 2. The van der Waals surface area contributed by atoms with Crippen LogP contribution in [0.15, 0.2) is 53.0 Å². The van der Waals surface area contributed by atoms with E-state index in [0.29, 0.717) is 4.47 Å². The molecular weight excluding hydrogens is 331 g/mol. The maximum Gasteiger partial charge on any atom is 0.137 e. The molecule has 0 amide bonds. The van der Waals surface area contributed by atoms with Crippen molar-refractivity contribution in [3.05, 3.63) is 75.6 Å². The van der Waals surface area contributed by atoms with Gasteiger partial charge in [-0.3, -0.25) is 4.98 Å². The number of nitrogens with zero attached hydrogens (tertiary/aromatic N) is 1. The lowest BCUT2D eigenvalue weighted by Gasteiger charge is -2.14. The van der Waals surface area contributed by atoms with E-state index >= 15 is 0 Å². The van der Waals surface area contributed by atoms with E-state index in [1.165, 1.54) is 6.07 Å². The highest BCUT2D eigenvalue weighted by molar-refractivity contribution is 9.10. The molecule has 2 N–H and O–H groups in total. The topological polar surface area (TPSA) is 38.9 Å². The molecule has 0 aliphatic heterocycles. The largest absolute Gasteiger partial charge is 0.320 e. The number of halogens is 2. The van der Waals surface area contributed by atoms with Crippen LogP contribution in [-0.2, 0) is 0 Å². The summed E-state index contributed by atoms with van der Waals surface area (Å²) >= 11 is 3.15. The minimum Gasteiger partial charge on any atom is -0.320 e. The highest BCUT2D eigenvalue weighted by Crippen LogP contribution is 2.26. The smallest absolute Gasteiger partial charge is 0.137 e. The molecule has 0 bridgehead atoms. The van der Waals surface area contributed by atoms with E-state index in [2.05, 4.69) is 20.9 Å². The van der Waals surface area contributed by atoms with Crippen molar-refractivity contribution >= 4 is 26.8 Å². The second-order valence-electron chi connectivity index (χ2n) is 5.06. The van der Waals surface area contributed by atoms with E-state index in [1.54, 1.807) is 6.07 Å². The fourth-order valence-corrected chi connectivity index (χ4v) is 2.58. The summed E-state index contributed by atoms with van der Waals surface area (Å²) in [6.45, 7) is 1.96. The van der Waals surface area contributed by atoms with Gasteiger partial charge in [0.2, 0.25) is 0 Å². The van der Waals surface area contributed by atoms with E-state index < -0.39 is 0 Å². The van der Waals surface area contributed by atoms with Gasteiger partial charge in [0.15, 0.2) is 0 Å². The fraction of sp³-hybridized carbons (Fsp3) is 0.118. The molecular formula is C17H14BrFN2. The molecule has 4 heteroatoms. The van der Waals surface area contributed by atoms with Gasteiger partial charge in [0.1, 0.15) is 5.82 Å². The van der Waals surface area contributed by atoms with E-state index in [0.717, 1.165) is 27.7 Å². The number of aromatic nitrogens is 1. The summed E-state index contributed by atoms with van der Waals surface area (Å²) in [6.07, 6.45) is 0. The first kappa shape index (κ1) is 14.2. The first-order chi connectivity index (χ1) is 10.0. The normalized spacial score (nSPS) is 12.6. The summed E-state index contributed by atoms with van der Waals surface area (Å²) < 4.78 is 14.1. The summed E-state index contributed by atoms with van der Waals surface area (Å²) in [6, 6.07) is 14.5. The molecule has 2 nitrogen and oxygen atoms in total. The Balaban J connectivity index is 2.02. The predicted octanol–water partition coefficient (Wildman–Crippen LogP) is 4.49. The molecule has 0 radical (unpaired) electrons. The number of rotatable bonds is 2. The van der Waals surface area contributed by atoms with Crippen LogP contribution in [0.4, 0.5) is 4.39 Å². The van der Waals surface area contributed by atoms with Gasteiger partial charge < -0.3 is 5.73 Å². The lowest BCUT2D eigenvalue weighted by atomic mass is 9.98. The van der Waals surface area contributed by atoms with E-state index in [1.807, 2.05) is 43.3 Å². The number of hydrogen-bond acceptors (Lipinski definition) is 2. The van der Waals surface area contributed by atoms with Gasteiger partial charge in [0.05, 0.1) is 16.0 Å². The van der Waals surface area contributed by atoms with Crippen molar-refractivity contribution < 1.29 is 4.39 Å². The minimum absolute atomic E-state index is 0.305. The van der Waals surface area contributed by atoms with Crippen molar-refractivity contribution in [3.63, 3.8) is 0 Å². The van der Waals surface area contributed by atoms with Gasteiger partial charge in [-0.1, -0.05) is 18.2 Å². The summed E-state index contributed by atoms with van der Waals surface area (Å²) in [4.78, 5) is 4.47. The van der Waals surface area contributed by atoms with Gasteiger partial charge in [-0.15, -0.1) is 0 Å². The monoisotopic (exact) mass is 344 g/mol. The van der Waals surface area contributed by atoms with Crippen molar-refractivity contribution in [2.45, 2.75) is 13.0 Å². The average molecular weight is 345 g/mol. The molecule has 2 aromatic carbocycles. The zero-order valence-corrected chi connectivity index (χ0v) is 13.1. The molecule has 1 aromatic heterocycles. The quantitative estimate of drug-likeness (QED) is 0.743. The fourth-order valence-electron chi connectivity index (χ4n) is 2.34. The van der Waals surface area contributed by atoms with E-state index in [-0.39, 0.29) is 11.9 Å². The maximum atomic E-state index is 13.6. The van der Waals surface area contributed by atoms with Gasteiger partial charge in [-0.05, 0) is 64.3 Å². The molecule has 106 valence electrons. The molecule has 1 heterocycles. The van der Waals surface area contributed by atoms with Crippen molar-refractivity contribution in [1.82, 2.24) is 4.98 Å². The SMILES string of the molecule is Cc1ccc2cc(C(N)c3ccc(Br)c(F)c3)ccc2n1. The highest BCUT2D eigenvalue weighted by atomic mass is 79.9. The van der Waals surface area contributed by atoms with Crippen molar-refractivity contribution in [2.75, 3.05) is 0 Å². The Hall–Kier alpha value is -1.78. The Morgan fingerprint density at radius 2 is 1.76 bits per heavy atom. The van der Waals surface area contributed by atoms with Crippen LogP contribution >= 0.6 is 15.9 Å².